The number of nitrogens with one attached hydrogen (secondary N) is 2. The molecule has 20 heavy (non-hydrogen) atoms. The Morgan fingerprint density at radius 1 is 1.35 bits per heavy atom. The molecule has 6 nitrogen and oxygen atoms in total. The molecule has 0 bridgehead atoms. The summed E-state index contributed by atoms with van der Waals surface area (Å²) >= 11 is 0. The largest absolute Gasteiger partial charge is 0.573 e. The van der Waals surface area contributed by atoms with E-state index in [0.29, 0.717) is 0 Å². The van der Waals surface area contributed by atoms with Crippen LogP contribution in [-0.4, -0.2) is 27.5 Å². The average molecular weight is 286 g/mol. The Morgan fingerprint density at radius 3 is 2.75 bits per heavy atom. The molecule has 2 rings (SSSR count). The van der Waals surface area contributed by atoms with Crippen LogP contribution in [0.25, 0.3) is 0 Å². The Hall–Kier alpha value is -2.58. The van der Waals surface area contributed by atoms with Crippen molar-refractivity contribution in [3.8, 4) is 5.75 Å². The highest BCUT2D eigenvalue weighted by atomic mass is 19.4. The maximum atomic E-state index is 12.2. The summed E-state index contributed by atoms with van der Waals surface area (Å²) in [6, 6.07) is 5.53. The van der Waals surface area contributed by atoms with E-state index in [4.69, 9.17) is 0 Å². The number of aromatic amines is 1. The van der Waals surface area contributed by atoms with Gasteiger partial charge in [0, 0.05) is 12.1 Å². The number of carbonyl (C=O) groups is 1. The lowest BCUT2D eigenvalue weighted by Crippen LogP contribution is -2.25. The number of halogens is 3. The highest BCUT2D eigenvalue weighted by molar-refractivity contribution is 5.90. The summed E-state index contributed by atoms with van der Waals surface area (Å²) in [6.45, 7) is -0.133. The maximum Gasteiger partial charge on any atom is 0.573 e. The zero-order valence-corrected chi connectivity index (χ0v) is 9.94. The molecule has 0 aliphatic carbocycles. The third-order valence-electron chi connectivity index (χ3n) is 2.27. The van der Waals surface area contributed by atoms with Crippen molar-refractivity contribution in [1.82, 2.24) is 20.5 Å². The Kier molecular flexibility index (Phi) is 3.87. The van der Waals surface area contributed by atoms with Crippen molar-refractivity contribution in [3.63, 3.8) is 0 Å². The fourth-order valence-electron chi connectivity index (χ4n) is 1.45. The van der Waals surface area contributed by atoms with Gasteiger partial charge in [0.2, 0.25) is 5.82 Å². The minimum absolute atomic E-state index is 0.0285. The van der Waals surface area contributed by atoms with Crippen molar-refractivity contribution in [2.24, 2.45) is 0 Å². The quantitative estimate of drug-likeness (QED) is 0.895. The molecule has 0 aliphatic rings. The van der Waals surface area contributed by atoms with E-state index in [1.807, 2.05) is 0 Å². The highest BCUT2D eigenvalue weighted by Gasteiger charge is 2.31. The van der Waals surface area contributed by atoms with Crippen LogP contribution in [0.2, 0.25) is 0 Å². The first-order valence-corrected chi connectivity index (χ1v) is 5.43. The molecule has 2 N–H and O–H groups in total. The number of hydrogen-bond acceptors (Lipinski definition) is 4. The molecule has 106 valence electrons. The Balaban J connectivity index is 2.04. The second-order valence-corrected chi connectivity index (χ2v) is 3.67. The van der Waals surface area contributed by atoms with Gasteiger partial charge in [0.05, 0.1) is 0 Å². The lowest BCUT2D eigenvalue weighted by molar-refractivity contribution is -0.274. The van der Waals surface area contributed by atoms with Gasteiger partial charge in [-0.2, -0.15) is 5.10 Å². The molecule has 1 aromatic carbocycles. The first-order valence-electron chi connectivity index (χ1n) is 5.43. The van der Waals surface area contributed by atoms with Gasteiger partial charge in [0.1, 0.15) is 12.1 Å². The number of nitrogens with zero attached hydrogens (tertiary/aromatic N) is 2. The van der Waals surface area contributed by atoms with Gasteiger partial charge in [0.15, 0.2) is 0 Å². The minimum Gasteiger partial charge on any atom is -0.405 e. The summed E-state index contributed by atoms with van der Waals surface area (Å²) in [5.74, 6) is -0.971. The summed E-state index contributed by atoms with van der Waals surface area (Å²) in [4.78, 5) is 15.2. The van der Waals surface area contributed by atoms with E-state index in [2.05, 4.69) is 25.2 Å². The van der Waals surface area contributed by atoms with E-state index in [9.17, 15) is 18.0 Å². The van der Waals surface area contributed by atoms with Crippen molar-refractivity contribution in [3.05, 3.63) is 42.0 Å². The second kappa shape index (κ2) is 5.59. The lowest BCUT2D eigenvalue weighted by Gasteiger charge is -2.13. The molecule has 0 aliphatic heterocycles. The van der Waals surface area contributed by atoms with Gasteiger partial charge in [-0.05, 0) is 6.07 Å². The molecule has 0 saturated heterocycles. The van der Waals surface area contributed by atoms with Crippen LogP contribution in [0.5, 0.6) is 5.75 Å². The number of amides is 1. The molecule has 2 aromatic rings. The van der Waals surface area contributed by atoms with Crippen molar-refractivity contribution in [2.75, 3.05) is 0 Å². The number of carbonyl (C=O) groups excluding carboxylic acids is 1. The van der Waals surface area contributed by atoms with Gasteiger partial charge in [-0.15, -0.1) is 13.2 Å². The van der Waals surface area contributed by atoms with Crippen LogP contribution in [-0.2, 0) is 6.54 Å². The van der Waals surface area contributed by atoms with E-state index in [0.717, 1.165) is 6.33 Å². The summed E-state index contributed by atoms with van der Waals surface area (Å²) in [5, 5.41) is 8.24. The number of H-pyrrole nitrogens is 1. The van der Waals surface area contributed by atoms with Gasteiger partial charge < -0.3 is 10.1 Å². The van der Waals surface area contributed by atoms with Crippen LogP contribution < -0.4 is 10.1 Å². The van der Waals surface area contributed by atoms with Gasteiger partial charge in [0.25, 0.3) is 5.91 Å². The van der Waals surface area contributed by atoms with E-state index >= 15 is 0 Å². The molecule has 0 spiro atoms. The molecule has 0 radical (unpaired) electrons. The number of hydrogen-bond donors (Lipinski definition) is 2. The zero-order chi connectivity index (χ0) is 14.6. The first-order chi connectivity index (χ1) is 9.46. The first kappa shape index (κ1) is 13.8. The van der Waals surface area contributed by atoms with Crippen molar-refractivity contribution in [2.45, 2.75) is 12.9 Å². The van der Waals surface area contributed by atoms with Crippen LogP contribution in [0.4, 0.5) is 13.2 Å². The smallest absolute Gasteiger partial charge is 0.405 e. The SMILES string of the molecule is O=C(NCc1ccccc1OC(F)(F)F)c1ncn[nH]1. The number of alkyl halides is 3. The van der Waals surface area contributed by atoms with Crippen LogP contribution in [0.15, 0.2) is 30.6 Å². The van der Waals surface area contributed by atoms with Gasteiger partial charge in [-0.3, -0.25) is 9.89 Å². The van der Waals surface area contributed by atoms with E-state index in [1.165, 1.54) is 18.2 Å². The van der Waals surface area contributed by atoms with E-state index in [-0.39, 0.29) is 23.7 Å². The van der Waals surface area contributed by atoms with Crippen LogP contribution in [0, 0.1) is 0 Å². The number of ether oxygens (including phenoxy) is 1. The minimum atomic E-state index is -4.79. The van der Waals surface area contributed by atoms with Crippen LogP contribution >= 0.6 is 0 Å². The van der Waals surface area contributed by atoms with E-state index < -0.39 is 12.3 Å². The molecule has 1 aromatic heterocycles. The fraction of sp³-hybridized carbons (Fsp3) is 0.182. The molecular weight excluding hydrogens is 277 g/mol. The van der Waals surface area contributed by atoms with Crippen molar-refractivity contribution in [1.29, 1.82) is 0 Å². The van der Waals surface area contributed by atoms with Gasteiger partial charge in [-0.25, -0.2) is 4.98 Å². The average Bonchev–Trinajstić information content (AvgIpc) is 2.89. The zero-order valence-electron chi connectivity index (χ0n) is 9.94. The Bertz CT molecular complexity index is 584. The number of benzene rings is 1. The summed E-state index contributed by atoms with van der Waals surface area (Å²) in [7, 11) is 0. The number of rotatable bonds is 4. The maximum absolute atomic E-state index is 12.2. The molecule has 0 saturated carbocycles. The number of para-hydroxylation sites is 1. The molecular formula is C11H9F3N4O2. The molecule has 0 atom stereocenters. The molecule has 9 heteroatoms. The van der Waals surface area contributed by atoms with Gasteiger partial charge in [-0.1, -0.05) is 18.2 Å². The Labute approximate surface area is 111 Å². The van der Waals surface area contributed by atoms with Crippen molar-refractivity contribution < 1.29 is 22.7 Å². The lowest BCUT2D eigenvalue weighted by atomic mass is 10.2. The van der Waals surface area contributed by atoms with Crippen LogP contribution in [0.3, 0.4) is 0 Å². The third kappa shape index (κ3) is 3.70. The van der Waals surface area contributed by atoms with Crippen LogP contribution in [0.1, 0.15) is 16.2 Å². The van der Waals surface area contributed by atoms with Gasteiger partial charge >= 0.3 is 6.36 Å². The van der Waals surface area contributed by atoms with Crippen molar-refractivity contribution >= 4 is 5.91 Å². The summed E-state index contributed by atoms with van der Waals surface area (Å²) in [5.41, 5.74) is 0.192. The molecule has 1 heterocycles. The normalized spacial score (nSPS) is 11.2. The monoisotopic (exact) mass is 286 g/mol. The summed E-state index contributed by atoms with van der Waals surface area (Å²) < 4.78 is 40.5. The highest BCUT2D eigenvalue weighted by Crippen LogP contribution is 2.26. The predicted molar refractivity (Wildman–Crippen MR) is 60.7 cm³/mol. The third-order valence-corrected chi connectivity index (χ3v) is 2.27. The summed E-state index contributed by atoms with van der Waals surface area (Å²) in [6.07, 6.45) is -3.64. The molecule has 0 unspecified atom stereocenters. The Morgan fingerprint density at radius 2 is 2.10 bits per heavy atom. The molecule has 0 fully saturated rings. The van der Waals surface area contributed by atoms with E-state index in [1.54, 1.807) is 6.07 Å². The predicted octanol–water partition coefficient (Wildman–Crippen LogP) is 1.63. The topological polar surface area (TPSA) is 79.9 Å². The standard InChI is InChI=1S/C11H9F3N4O2/c12-11(13,14)20-8-4-2-1-3-7(8)5-15-10(19)9-16-6-17-18-9/h1-4,6H,5H2,(H,15,19)(H,16,17,18). The number of aromatic nitrogens is 3. The fourth-order valence-corrected chi connectivity index (χ4v) is 1.45. The molecule has 1 amide bonds. The second-order valence-electron chi connectivity index (χ2n) is 3.67.